The molecule has 3 heterocycles. The highest BCUT2D eigenvalue weighted by Crippen LogP contribution is 2.33. The summed E-state index contributed by atoms with van der Waals surface area (Å²) < 4.78 is 7.26. The van der Waals surface area contributed by atoms with Crippen molar-refractivity contribution >= 4 is 26.8 Å². The number of benzene rings is 2. The normalized spacial score (nSPS) is 14.3. The molecule has 1 saturated heterocycles. The smallest absolute Gasteiger partial charge is 0.349 e. The molecule has 1 aliphatic rings. The number of morpholine rings is 1. The van der Waals surface area contributed by atoms with Crippen molar-refractivity contribution in [3.63, 3.8) is 0 Å². The Labute approximate surface area is 178 Å². The van der Waals surface area contributed by atoms with Crippen molar-refractivity contribution in [2.45, 2.75) is 13.0 Å². The first-order valence-corrected chi connectivity index (χ1v) is 10.9. The van der Waals surface area contributed by atoms with Gasteiger partial charge in [-0.1, -0.05) is 72.0 Å². The molecule has 152 valence electrons. The third kappa shape index (κ3) is 3.74. The predicted molar refractivity (Wildman–Crippen MR) is 120 cm³/mol. The van der Waals surface area contributed by atoms with Gasteiger partial charge in [0.05, 0.1) is 13.2 Å². The Bertz CT molecular complexity index is 1200. The highest BCUT2D eigenvalue weighted by molar-refractivity contribution is 7.21. The number of ether oxygens (including phenoxy) is 1. The fraction of sp³-hybridized carbons (Fsp3) is 0.261. The molecule has 0 unspecified atom stereocenters. The molecule has 2 aromatic heterocycles. The Balaban J connectivity index is 1.61. The van der Waals surface area contributed by atoms with E-state index < -0.39 is 0 Å². The number of hydrogen-bond donors (Lipinski definition) is 0. The van der Waals surface area contributed by atoms with Gasteiger partial charge in [-0.05, 0) is 12.0 Å². The van der Waals surface area contributed by atoms with Gasteiger partial charge in [0.1, 0.15) is 16.0 Å². The fourth-order valence-corrected chi connectivity index (χ4v) is 4.84. The molecule has 0 saturated carbocycles. The molecule has 0 aliphatic carbocycles. The molecule has 0 spiro atoms. The highest BCUT2D eigenvalue weighted by Gasteiger charge is 2.21. The van der Waals surface area contributed by atoms with Gasteiger partial charge in [-0.15, -0.1) is 0 Å². The minimum absolute atomic E-state index is 0.227. The van der Waals surface area contributed by atoms with Crippen molar-refractivity contribution in [3.05, 3.63) is 76.7 Å². The zero-order chi connectivity index (χ0) is 20.3. The lowest BCUT2D eigenvalue weighted by molar-refractivity contribution is 0.122. The zero-order valence-electron chi connectivity index (χ0n) is 16.5. The Morgan fingerprint density at radius 1 is 0.933 bits per heavy atom. The highest BCUT2D eigenvalue weighted by atomic mass is 32.1. The van der Waals surface area contributed by atoms with E-state index in [1.54, 1.807) is 15.9 Å². The zero-order valence-corrected chi connectivity index (χ0v) is 17.3. The monoisotopic (exact) mass is 418 g/mol. The van der Waals surface area contributed by atoms with Crippen LogP contribution in [0.3, 0.4) is 0 Å². The van der Waals surface area contributed by atoms with Crippen LogP contribution >= 0.6 is 11.3 Å². The molecule has 2 aromatic carbocycles. The van der Waals surface area contributed by atoms with Crippen molar-refractivity contribution < 1.29 is 4.74 Å². The molecule has 0 N–H and O–H groups in total. The second-order valence-corrected chi connectivity index (χ2v) is 8.20. The summed E-state index contributed by atoms with van der Waals surface area (Å²) in [5, 5.41) is 0.923. The van der Waals surface area contributed by atoms with E-state index in [-0.39, 0.29) is 5.69 Å². The van der Waals surface area contributed by atoms with Crippen LogP contribution < -0.4 is 10.6 Å². The topological polar surface area (TPSA) is 60.3 Å². The molecule has 0 amide bonds. The summed E-state index contributed by atoms with van der Waals surface area (Å²) in [5.41, 5.74) is 3.33. The minimum atomic E-state index is -0.227. The van der Waals surface area contributed by atoms with Crippen LogP contribution in [0.5, 0.6) is 0 Å². The molecular formula is C23H22N4O2S. The molecule has 4 aromatic rings. The summed E-state index contributed by atoms with van der Waals surface area (Å²) in [6.07, 6.45) is 0.771. The summed E-state index contributed by atoms with van der Waals surface area (Å²) in [6, 6.07) is 20.0. The molecule has 0 atom stereocenters. The molecule has 5 rings (SSSR count). The van der Waals surface area contributed by atoms with E-state index in [4.69, 9.17) is 9.72 Å². The fourth-order valence-electron chi connectivity index (χ4n) is 3.70. The molecule has 1 aliphatic heterocycles. The minimum Gasteiger partial charge on any atom is -0.378 e. The van der Waals surface area contributed by atoms with Crippen LogP contribution in [0.25, 0.3) is 21.6 Å². The second kappa shape index (κ2) is 8.38. The third-order valence-corrected chi connectivity index (χ3v) is 6.44. The number of fused-ring (bicyclic) bond motifs is 1. The molecule has 6 nitrogen and oxygen atoms in total. The van der Waals surface area contributed by atoms with Crippen LogP contribution in [0.15, 0.2) is 65.5 Å². The average Bonchev–Trinajstić information content (AvgIpc) is 3.25. The second-order valence-electron chi connectivity index (χ2n) is 7.25. The van der Waals surface area contributed by atoms with Gasteiger partial charge in [0.25, 0.3) is 0 Å². The van der Waals surface area contributed by atoms with Crippen LogP contribution in [-0.2, 0) is 17.7 Å². The van der Waals surface area contributed by atoms with E-state index in [2.05, 4.69) is 22.0 Å². The molecular weight excluding hydrogens is 396 g/mol. The van der Waals surface area contributed by atoms with Crippen molar-refractivity contribution in [1.82, 2.24) is 14.5 Å². The van der Waals surface area contributed by atoms with Gasteiger partial charge in [0.2, 0.25) is 0 Å². The van der Waals surface area contributed by atoms with Crippen LogP contribution in [0.4, 0.5) is 5.13 Å². The largest absolute Gasteiger partial charge is 0.378 e. The van der Waals surface area contributed by atoms with Crippen molar-refractivity contribution in [3.8, 4) is 11.3 Å². The summed E-state index contributed by atoms with van der Waals surface area (Å²) in [4.78, 5) is 25.5. The Kier molecular flexibility index (Phi) is 5.29. The van der Waals surface area contributed by atoms with E-state index in [0.29, 0.717) is 25.5 Å². The lowest BCUT2D eigenvalue weighted by Crippen LogP contribution is -2.36. The number of rotatable bonds is 5. The van der Waals surface area contributed by atoms with Gasteiger partial charge in [-0.3, -0.25) is 4.57 Å². The number of hydrogen-bond acceptors (Lipinski definition) is 6. The first kappa shape index (κ1) is 19.0. The first-order chi connectivity index (χ1) is 14.8. The van der Waals surface area contributed by atoms with Crippen LogP contribution in [0.1, 0.15) is 5.56 Å². The van der Waals surface area contributed by atoms with Gasteiger partial charge >= 0.3 is 5.69 Å². The van der Waals surface area contributed by atoms with Crippen molar-refractivity contribution in [2.24, 2.45) is 0 Å². The van der Waals surface area contributed by atoms with E-state index in [1.807, 2.05) is 48.5 Å². The van der Waals surface area contributed by atoms with Gasteiger partial charge < -0.3 is 9.64 Å². The molecule has 1 fully saturated rings. The van der Waals surface area contributed by atoms with Gasteiger partial charge in [-0.2, -0.15) is 4.98 Å². The van der Waals surface area contributed by atoms with Gasteiger partial charge in [0.15, 0.2) is 5.13 Å². The number of aryl methyl sites for hydroxylation is 2. The quantitative estimate of drug-likeness (QED) is 0.496. The number of anilines is 1. The van der Waals surface area contributed by atoms with Crippen LogP contribution in [0.2, 0.25) is 0 Å². The standard InChI is InChI=1S/C23H22N4O2S/c28-22-24-19(18-9-5-2-6-10-18)20-21(27(22)12-11-17-7-3-1-4-8-17)30-23(25-20)26-13-15-29-16-14-26/h1-10H,11-16H2. The van der Waals surface area contributed by atoms with Crippen LogP contribution in [0, 0.1) is 0 Å². The number of aromatic nitrogens is 3. The average molecular weight is 419 g/mol. The lowest BCUT2D eigenvalue weighted by Gasteiger charge is -2.25. The van der Waals surface area contributed by atoms with E-state index in [1.165, 1.54) is 5.56 Å². The summed E-state index contributed by atoms with van der Waals surface area (Å²) in [6.45, 7) is 3.58. The SMILES string of the molecule is O=c1nc(-c2ccccc2)c2nc(N3CCOCC3)sc2n1CCc1ccccc1. The van der Waals surface area contributed by atoms with Crippen molar-refractivity contribution in [2.75, 3.05) is 31.2 Å². The third-order valence-electron chi connectivity index (χ3n) is 5.30. The first-order valence-electron chi connectivity index (χ1n) is 10.1. The van der Waals surface area contributed by atoms with E-state index in [0.717, 1.165) is 40.6 Å². The molecule has 7 heteroatoms. The Morgan fingerprint density at radius 3 is 2.37 bits per heavy atom. The van der Waals surface area contributed by atoms with Crippen LogP contribution in [-0.4, -0.2) is 40.8 Å². The lowest BCUT2D eigenvalue weighted by atomic mass is 10.1. The molecule has 0 radical (unpaired) electrons. The molecule has 0 bridgehead atoms. The van der Waals surface area contributed by atoms with Gasteiger partial charge in [-0.25, -0.2) is 9.78 Å². The molecule has 30 heavy (non-hydrogen) atoms. The van der Waals surface area contributed by atoms with E-state index >= 15 is 0 Å². The maximum atomic E-state index is 13.0. The predicted octanol–water partition coefficient (Wildman–Crippen LogP) is 3.60. The van der Waals surface area contributed by atoms with Gasteiger partial charge in [0, 0.05) is 25.2 Å². The summed E-state index contributed by atoms with van der Waals surface area (Å²) in [7, 11) is 0. The maximum Gasteiger partial charge on any atom is 0.349 e. The Hall–Kier alpha value is -3.03. The Morgan fingerprint density at radius 2 is 1.63 bits per heavy atom. The number of thiazole rings is 1. The van der Waals surface area contributed by atoms with E-state index in [9.17, 15) is 4.79 Å². The van der Waals surface area contributed by atoms with Crippen molar-refractivity contribution in [1.29, 1.82) is 0 Å². The number of nitrogens with zero attached hydrogens (tertiary/aromatic N) is 4. The summed E-state index contributed by atoms with van der Waals surface area (Å²) in [5.74, 6) is 0. The maximum absolute atomic E-state index is 13.0. The summed E-state index contributed by atoms with van der Waals surface area (Å²) >= 11 is 1.57.